The number of carbonyl (C=O) groups is 1. The molecule has 0 atom stereocenters. The van der Waals surface area contributed by atoms with Gasteiger partial charge >= 0.3 is 6.18 Å². The molecule has 5 nitrogen and oxygen atoms in total. The van der Waals surface area contributed by atoms with Crippen molar-refractivity contribution in [2.45, 2.75) is 37.4 Å². The zero-order chi connectivity index (χ0) is 15.0. The van der Waals surface area contributed by atoms with Gasteiger partial charge in [-0.25, -0.2) is 0 Å². The van der Waals surface area contributed by atoms with Crippen LogP contribution >= 0.6 is 0 Å². The summed E-state index contributed by atoms with van der Waals surface area (Å²) < 4.78 is 37.7. The molecule has 1 saturated carbocycles. The number of aromatic amines is 1. The monoisotopic (exact) mass is 289 g/mol. The average Bonchev–Trinajstić information content (AvgIpc) is 2.79. The van der Waals surface area contributed by atoms with Crippen LogP contribution in [0.1, 0.15) is 31.2 Å². The van der Waals surface area contributed by atoms with Gasteiger partial charge in [-0.1, -0.05) is 12.8 Å². The molecule has 0 bridgehead atoms. The number of H-pyrrole nitrogens is 1. The Kier molecular flexibility index (Phi) is 3.59. The lowest BCUT2D eigenvalue weighted by molar-refractivity contribution is -0.137. The number of halogens is 3. The van der Waals surface area contributed by atoms with Gasteiger partial charge in [-0.3, -0.25) is 9.59 Å². The van der Waals surface area contributed by atoms with Crippen LogP contribution in [0.25, 0.3) is 0 Å². The molecule has 0 unspecified atom stereocenters. The molecule has 110 valence electrons. The normalized spacial score (nSPS) is 18.0. The molecule has 1 aromatic heterocycles. The largest absolute Gasteiger partial charge is 0.417 e. The van der Waals surface area contributed by atoms with Gasteiger partial charge in [0.05, 0.1) is 11.1 Å². The second-order valence-corrected chi connectivity index (χ2v) is 4.95. The van der Waals surface area contributed by atoms with Gasteiger partial charge in [-0.15, -0.1) is 0 Å². The highest BCUT2D eigenvalue weighted by atomic mass is 19.4. The Bertz CT molecular complexity index is 574. The summed E-state index contributed by atoms with van der Waals surface area (Å²) in [6, 6.07) is 0.606. The van der Waals surface area contributed by atoms with Crippen molar-refractivity contribution in [2.75, 3.05) is 5.32 Å². The molecular weight excluding hydrogens is 275 g/mol. The zero-order valence-electron chi connectivity index (χ0n) is 10.5. The first-order valence-electron chi connectivity index (χ1n) is 6.13. The van der Waals surface area contributed by atoms with Gasteiger partial charge in [0.1, 0.15) is 5.69 Å². The van der Waals surface area contributed by atoms with Crippen LogP contribution in [-0.2, 0) is 11.0 Å². The Morgan fingerprint density at radius 2 is 1.95 bits per heavy atom. The van der Waals surface area contributed by atoms with Crippen LogP contribution in [0, 0.1) is 0 Å². The SMILES string of the molecule is NC1(C(=O)Nc2cc(C(F)(F)F)c[nH]c2=O)CCCC1. The van der Waals surface area contributed by atoms with Crippen molar-refractivity contribution < 1.29 is 18.0 Å². The molecule has 0 radical (unpaired) electrons. The summed E-state index contributed by atoms with van der Waals surface area (Å²) in [5.74, 6) is -0.625. The third-order valence-corrected chi connectivity index (χ3v) is 3.43. The number of nitrogens with one attached hydrogen (secondary N) is 2. The molecule has 1 aliphatic rings. The number of hydrogen-bond acceptors (Lipinski definition) is 3. The predicted octanol–water partition coefficient (Wildman–Crippen LogP) is 1.60. The van der Waals surface area contributed by atoms with Crippen molar-refractivity contribution in [1.29, 1.82) is 0 Å². The molecule has 4 N–H and O–H groups in total. The second kappa shape index (κ2) is 4.93. The molecule has 1 heterocycles. The van der Waals surface area contributed by atoms with E-state index >= 15 is 0 Å². The molecular formula is C12H14F3N3O2. The van der Waals surface area contributed by atoms with Crippen LogP contribution < -0.4 is 16.6 Å². The minimum absolute atomic E-state index is 0.443. The highest BCUT2D eigenvalue weighted by Crippen LogP contribution is 2.30. The van der Waals surface area contributed by atoms with E-state index in [0.717, 1.165) is 12.8 Å². The van der Waals surface area contributed by atoms with E-state index in [1.54, 1.807) is 0 Å². The number of alkyl halides is 3. The van der Waals surface area contributed by atoms with Crippen molar-refractivity contribution in [3.8, 4) is 0 Å². The highest BCUT2D eigenvalue weighted by Gasteiger charge is 2.38. The fourth-order valence-corrected chi connectivity index (χ4v) is 2.22. The summed E-state index contributed by atoms with van der Waals surface area (Å²) in [5, 5.41) is 2.20. The van der Waals surface area contributed by atoms with Crippen LogP contribution in [0.2, 0.25) is 0 Å². The Morgan fingerprint density at radius 1 is 1.35 bits per heavy atom. The van der Waals surface area contributed by atoms with Crippen molar-refractivity contribution in [3.05, 3.63) is 28.2 Å². The summed E-state index contributed by atoms with van der Waals surface area (Å²) in [7, 11) is 0. The molecule has 20 heavy (non-hydrogen) atoms. The Balaban J connectivity index is 2.25. The fourth-order valence-electron chi connectivity index (χ4n) is 2.22. The van der Waals surface area contributed by atoms with Crippen LogP contribution in [0.15, 0.2) is 17.1 Å². The first-order valence-corrected chi connectivity index (χ1v) is 6.13. The number of rotatable bonds is 2. The van der Waals surface area contributed by atoms with Crippen molar-refractivity contribution >= 4 is 11.6 Å². The minimum atomic E-state index is -4.60. The summed E-state index contributed by atoms with van der Waals surface area (Å²) in [5.41, 5.74) is 2.49. The molecule has 0 spiro atoms. The molecule has 1 aliphatic carbocycles. The second-order valence-electron chi connectivity index (χ2n) is 4.95. The minimum Gasteiger partial charge on any atom is -0.327 e. The Labute approximate surface area is 112 Å². The van der Waals surface area contributed by atoms with Crippen LogP contribution in [0.3, 0.4) is 0 Å². The van der Waals surface area contributed by atoms with Gasteiger partial charge in [0.15, 0.2) is 0 Å². The Hall–Kier alpha value is -1.83. The fraction of sp³-hybridized carbons (Fsp3) is 0.500. The van der Waals surface area contributed by atoms with Crippen LogP contribution in [0.5, 0.6) is 0 Å². The van der Waals surface area contributed by atoms with E-state index in [1.165, 1.54) is 0 Å². The maximum atomic E-state index is 12.6. The average molecular weight is 289 g/mol. The number of anilines is 1. The summed E-state index contributed by atoms with van der Waals surface area (Å²) in [4.78, 5) is 25.4. The number of hydrogen-bond donors (Lipinski definition) is 3. The van der Waals surface area contributed by atoms with E-state index in [9.17, 15) is 22.8 Å². The predicted molar refractivity (Wildman–Crippen MR) is 66.1 cm³/mol. The van der Waals surface area contributed by atoms with Crippen molar-refractivity contribution in [3.63, 3.8) is 0 Å². The third-order valence-electron chi connectivity index (χ3n) is 3.43. The van der Waals surface area contributed by atoms with Gasteiger partial charge in [0, 0.05) is 6.20 Å². The van der Waals surface area contributed by atoms with E-state index < -0.39 is 34.4 Å². The number of pyridine rings is 1. The molecule has 1 fully saturated rings. The first kappa shape index (κ1) is 14.6. The number of carbonyl (C=O) groups excluding carboxylic acids is 1. The van der Waals surface area contributed by atoms with E-state index in [-0.39, 0.29) is 0 Å². The lowest BCUT2D eigenvalue weighted by atomic mass is 9.98. The smallest absolute Gasteiger partial charge is 0.327 e. The molecule has 1 aromatic rings. The van der Waals surface area contributed by atoms with Gasteiger partial charge in [-0.2, -0.15) is 13.2 Å². The molecule has 0 saturated heterocycles. The zero-order valence-corrected chi connectivity index (χ0v) is 10.5. The lowest BCUT2D eigenvalue weighted by Gasteiger charge is -2.22. The lowest BCUT2D eigenvalue weighted by Crippen LogP contribution is -2.49. The van der Waals surface area contributed by atoms with Crippen molar-refractivity contribution in [1.82, 2.24) is 4.98 Å². The maximum Gasteiger partial charge on any atom is 0.417 e. The molecule has 0 aliphatic heterocycles. The van der Waals surface area contributed by atoms with E-state index in [1.807, 2.05) is 4.98 Å². The standard InChI is InChI=1S/C12H14F3N3O2/c13-12(14,15)7-5-8(9(19)17-6-7)18-10(20)11(16)3-1-2-4-11/h5-6H,1-4,16H2,(H,17,19)(H,18,20). The van der Waals surface area contributed by atoms with Gasteiger partial charge in [-0.05, 0) is 18.9 Å². The van der Waals surface area contributed by atoms with E-state index in [2.05, 4.69) is 5.32 Å². The molecule has 0 aromatic carbocycles. The summed E-state index contributed by atoms with van der Waals surface area (Å²) in [6.45, 7) is 0. The molecule has 1 amide bonds. The first-order chi connectivity index (χ1) is 9.22. The van der Waals surface area contributed by atoms with Crippen LogP contribution in [0.4, 0.5) is 18.9 Å². The van der Waals surface area contributed by atoms with Gasteiger partial charge < -0.3 is 16.0 Å². The van der Waals surface area contributed by atoms with Crippen LogP contribution in [-0.4, -0.2) is 16.4 Å². The van der Waals surface area contributed by atoms with Gasteiger partial charge in [0.2, 0.25) is 5.91 Å². The van der Waals surface area contributed by atoms with Crippen molar-refractivity contribution in [2.24, 2.45) is 5.73 Å². The maximum absolute atomic E-state index is 12.6. The molecule has 2 rings (SSSR count). The number of nitrogens with two attached hydrogens (primary N) is 1. The topological polar surface area (TPSA) is 88.0 Å². The highest BCUT2D eigenvalue weighted by molar-refractivity contribution is 5.98. The number of aromatic nitrogens is 1. The quantitative estimate of drug-likeness (QED) is 0.772. The summed E-state index contributed by atoms with van der Waals surface area (Å²) in [6.07, 6.45) is -1.57. The third kappa shape index (κ3) is 2.84. The van der Waals surface area contributed by atoms with Gasteiger partial charge in [0.25, 0.3) is 5.56 Å². The Morgan fingerprint density at radius 3 is 2.50 bits per heavy atom. The van der Waals surface area contributed by atoms with E-state index in [4.69, 9.17) is 5.73 Å². The molecule has 8 heteroatoms. The number of amides is 1. The van der Waals surface area contributed by atoms with E-state index in [0.29, 0.717) is 25.1 Å². The summed E-state index contributed by atoms with van der Waals surface area (Å²) >= 11 is 0.